The second kappa shape index (κ2) is 6.89. The van der Waals surface area contributed by atoms with Gasteiger partial charge in [-0.05, 0) is 35.7 Å². The van der Waals surface area contributed by atoms with Crippen LogP contribution in [0.5, 0.6) is 0 Å². The quantitative estimate of drug-likeness (QED) is 0.931. The van der Waals surface area contributed by atoms with E-state index >= 15 is 0 Å². The zero-order valence-corrected chi connectivity index (χ0v) is 13.0. The van der Waals surface area contributed by atoms with Crippen molar-refractivity contribution in [3.05, 3.63) is 52.5 Å². The Bertz CT molecular complexity index is 688. The van der Waals surface area contributed by atoms with Crippen LogP contribution < -0.4 is 10.2 Å². The fourth-order valence-electron chi connectivity index (χ4n) is 2.32. The zero-order chi connectivity index (χ0) is 16.2. The summed E-state index contributed by atoms with van der Waals surface area (Å²) in [4.78, 5) is 26.1. The molecule has 1 fully saturated rings. The largest absolute Gasteiger partial charge is 0.365 e. The molecule has 1 aliphatic heterocycles. The molecular formula is C16H15FN2O3S. The molecular weight excluding hydrogens is 319 g/mol. The maximum Gasteiger partial charge on any atom is 0.261 e. The molecule has 5 nitrogen and oxygen atoms in total. The van der Waals surface area contributed by atoms with Gasteiger partial charge in [0.15, 0.2) is 0 Å². The second-order valence-corrected chi connectivity index (χ2v) is 6.05. The average Bonchev–Trinajstić information content (AvgIpc) is 3.09. The first-order valence-electron chi connectivity index (χ1n) is 7.13. The predicted molar refractivity (Wildman–Crippen MR) is 85.1 cm³/mol. The van der Waals surface area contributed by atoms with Crippen LogP contribution in [0.3, 0.4) is 0 Å². The van der Waals surface area contributed by atoms with Crippen LogP contribution in [0.2, 0.25) is 0 Å². The molecule has 1 saturated heterocycles. The molecule has 2 aromatic rings. The van der Waals surface area contributed by atoms with Gasteiger partial charge in [0.05, 0.1) is 17.5 Å². The molecule has 1 aromatic heterocycles. The van der Waals surface area contributed by atoms with Crippen LogP contribution in [0.1, 0.15) is 9.67 Å². The number of anilines is 1. The number of morpholine rings is 1. The molecule has 0 saturated carbocycles. The smallest absolute Gasteiger partial charge is 0.261 e. The number of rotatable bonds is 4. The summed E-state index contributed by atoms with van der Waals surface area (Å²) < 4.78 is 18.5. The summed E-state index contributed by atoms with van der Waals surface area (Å²) in [6, 6.07) is 9.29. The van der Waals surface area contributed by atoms with Crippen LogP contribution in [-0.4, -0.2) is 37.6 Å². The molecule has 0 spiro atoms. The van der Waals surface area contributed by atoms with Gasteiger partial charge in [-0.3, -0.25) is 9.59 Å². The van der Waals surface area contributed by atoms with Crippen molar-refractivity contribution in [2.45, 2.75) is 6.10 Å². The summed E-state index contributed by atoms with van der Waals surface area (Å²) in [7, 11) is 0. The molecule has 1 unspecified atom stereocenters. The third-order valence-corrected chi connectivity index (χ3v) is 4.37. The van der Waals surface area contributed by atoms with E-state index in [0.29, 0.717) is 23.7 Å². The molecule has 2 heterocycles. The Morgan fingerprint density at radius 3 is 2.83 bits per heavy atom. The standard InChI is InChI=1S/C16H15FN2O3S/c17-11-3-5-12(6-4-11)19-9-13(22-10-15(19)20)8-18-16(21)14-2-1-7-23-14/h1-7,13H,8-10H2,(H,18,21). The third kappa shape index (κ3) is 3.75. The first-order chi connectivity index (χ1) is 11.1. The highest BCUT2D eigenvalue weighted by Gasteiger charge is 2.27. The number of amides is 2. The number of carbonyl (C=O) groups is 2. The van der Waals surface area contributed by atoms with Crippen molar-refractivity contribution in [3.63, 3.8) is 0 Å². The normalized spacial score (nSPS) is 18.0. The molecule has 0 aliphatic carbocycles. The second-order valence-electron chi connectivity index (χ2n) is 5.10. The first kappa shape index (κ1) is 15.6. The van der Waals surface area contributed by atoms with Crippen molar-refractivity contribution in [3.8, 4) is 0 Å². The molecule has 1 atom stereocenters. The van der Waals surface area contributed by atoms with Crippen molar-refractivity contribution >= 4 is 28.8 Å². The molecule has 1 N–H and O–H groups in total. The fraction of sp³-hybridized carbons (Fsp3) is 0.250. The Balaban J connectivity index is 1.60. The lowest BCUT2D eigenvalue weighted by molar-refractivity contribution is -0.129. The molecule has 0 bridgehead atoms. The lowest BCUT2D eigenvalue weighted by Gasteiger charge is -2.32. The minimum absolute atomic E-state index is 0.0586. The monoisotopic (exact) mass is 334 g/mol. The Morgan fingerprint density at radius 1 is 1.35 bits per heavy atom. The van der Waals surface area contributed by atoms with Crippen LogP contribution in [-0.2, 0) is 9.53 Å². The van der Waals surface area contributed by atoms with E-state index in [1.807, 2.05) is 11.4 Å². The number of nitrogens with one attached hydrogen (secondary N) is 1. The van der Waals surface area contributed by atoms with Gasteiger partial charge in [0.25, 0.3) is 11.8 Å². The van der Waals surface area contributed by atoms with Crippen molar-refractivity contribution in [1.29, 1.82) is 0 Å². The lowest BCUT2D eigenvalue weighted by atomic mass is 10.2. The first-order valence-corrected chi connectivity index (χ1v) is 8.00. The third-order valence-electron chi connectivity index (χ3n) is 3.50. The number of hydrogen-bond donors (Lipinski definition) is 1. The maximum absolute atomic E-state index is 13.0. The number of carbonyl (C=O) groups excluding carboxylic acids is 2. The summed E-state index contributed by atoms with van der Waals surface area (Å²) in [6.45, 7) is 0.563. The molecule has 120 valence electrons. The maximum atomic E-state index is 13.0. The Hall–Kier alpha value is -2.25. The van der Waals surface area contributed by atoms with Crippen LogP contribution >= 0.6 is 11.3 Å². The highest BCUT2D eigenvalue weighted by molar-refractivity contribution is 7.12. The van der Waals surface area contributed by atoms with E-state index in [1.165, 1.54) is 23.5 Å². The average molecular weight is 334 g/mol. The number of ether oxygens (including phenoxy) is 1. The van der Waals surface area contributed by atoms with Gasteiger partial charge in [0.1, 0.15) is 12.4 Å². The van der Waals surface area contributed by atoms with E-state index in [-0.39, 0.29) is 30.3 Å². The number of hydrogen-bond acceptors (Lipinski definition) is 4. The molecule has 23 heavy (non-hydrogen) atoms. The van der Waals surface area contributed by atoms with Crippen molar-refractivity contribution in [2.75, 3.05) is 24.6 Å². The SMILES string of the molecule is O=C(NCC1CN(c2ccc(F)cc2)C(=O)CO1)c1cccs1. The number of halogens is 1. The molecule has 1 aromatic carbocycles. The van der Waals surface area contributed by atoms with E-state index in [9.17, 15) is 14.0 Å². The summed E-state index contributed by atoms with van der Waals surface area (Å²) in [5.74, 6) is -0.694. The highest BCUT2D eigenvalue weighted by atomic mass is 32.1. The van der Waals surface area contributed by atoms with Gasteiger partial charge >= 0.3 is 0 Å². The van der Waals surface area contributed by atoms with E-state index in [4.69, 9.17) is 4.74 Å². The number of nitrogens with zero attached hydrogens (tertiary/aromatic N) is 1. The Kier molecular flexibility index (Phi) is 4.68. The van der Waals surface area contributed by atoms with E-state index in [0.717, 1.165) is 0 Å². The predicted octanol–water partition coefficient (Wildman–Crippen LogP) is 2.05. The Morgan fingerprint density at radius 2 is 2.13 bits per heavy atom. The van der Waals surface area contributed by atoms with Gasteiger partial charge in [0.2, 0.25) is 0 Å². The van der Waals surface area contributed by atoms with Gasteiger partial charge < -0.3 is 15.0 Å². The number of benzene rings is 1. The minimum atomic E-state index is -0.353. The van der Waals surface area contributed by atoms with Crippen molar-refractivity contribution in [1.82, 2.24) is 5.32 Å². The summed E-state index contributed by atoms with van der Waals surface area (Å²) in [5, 5.41) is 4.63. The lowest BCUT2D eigenvalue weighted by Crippen LogP contribution is -2.50. The molecule has 2 amide bonds. The van der Waals surface area contributed by atoms with Crippen molar-refractivity contribution in [2.24, 2.45) is 0 Å². The molecule has 1 aliphatic rings. The minimum Gasteiger partial charge on any atom is -0.365 e. The van der Waals surface area contributed by atoms with E-state index in [1.54, 1.807) is 23.1 Å². The fourth-order valence-corrected chi connectivity index (χ4v) is 2.96. The summed E-state index contributed by atoms with van der Waals surface area (Å²) in [6.07, 6.45) is -0.304. The Labute approximate surface area is 136 Å². The van der Waals surface area contributed by atoms with Gasteiger partial charge in [0, 0.05) is 12.2 Å². The van der Waals surface area contributed by atoms with Gasteiger partial charge in [-0.1, -0.05) is 6.07 Å². The molecule has 0 radical (unpaired) electrons. The highest BCUT2D eigenvalue weighted by Crippen LogP contribution is 2.19. The zero-order valence-electron chi connectivity index (χ0n) is 12.2. The summed E-state index contributed by atoms with van der Waals surface area (Å²) >= 11 is 1.36. The van der Waals surface area contributed by atoms with Gasteiger partial charge in [-0.2, -0.15) is 0 Å². The topological polar surface area (TPSA) is 58.6 Å². The van der Waals surface area contributed by atoms with E-state index < -0.39 is 0 Å². The van der Waals surface area contributed by atoms with Crippen LogP contribution in [0.25, 0.3) is 0 Å². The van der Waals surface area contributed by atoms with Gasteiger partial charge in [-0.15, -0.1) is 11.3 Å². The van der Waals surface area contributed by atoms with Crippen LogP contribution in [0.15, 0.2) is 41.8 Å². The number of thiophene rings is 1. The summed E-state index contributed by atoms with van der Waals surface area (Å²) in [5.41, 5.74) is 0.620. The van der Waals surface area contributed by atoms with Crippen molar-refractivity contribution < 1.29 is 18.7 Å². The van der Waals surface area contributed by atoms with Crippen LogP contribution in [0, 0.1) is 5.82 Å². The molecule has 7 heteroatoms. The van der Waals surface area contributed by atoms with Gasteiger partial charge in [-0.25, -0.2) is 4.39 Å². The van der Waals surface area contributed by atoms with Crippen LogP contribution in [0.4, 0.5) is 10.1 Å². The molecule has 3 rings (SSSR count). The van der Waals surface area contributed by atoms with E-state index in [2.05, 4.69) is 5.32 Å².